The van der Waals surface area contributed by atoms with Crippen molar-refractivity contribution < 1.29 is 9.47 Å². The van der Waals surface area contributed by atoms with Crippen molar-refractivity contribution in [2.24, 2.45) is 0 Å². The Morgan fingerprint density at radius 2 is 1.64 bits per heavy atom. The van der Waals surface area contributed by atoms with Crippen molar-refractivity contribution in [1.29, 1.82) is 0 Å². The molecule has 1 atom stereocenters. The Labute approximate surface area is 85.0 Å². The van der Waals surface area contributed by atoms with Crippen LogP contribution in [0.1, 0.15) is 6.92 Å². The normalized spacial score (nSPS) is 12.9. The minimum Gasteiger partial charge on any atom is -0.377 e. The van der Waals surface area contributed by atoms with E-state index in [0.717, 1.165) is 5.69 Å². The van der Waals surface area contributed by atoms with E-state index in [1.165, 1.54) is 0 Å². The third kappa shape index (κ3) is 3.01. The zero-order valence-corrected chi connectivity index (χ0v) is 8.86. The van der Waals surface area contributed by atoms with Gasteiger partial charge in [0.2, 0.25) is 0 Å². The number of methoxy groups -OCH3 is 2. The van der Waals surface area contributed by atoms with Gasteiger partial charge in [-0.3, -0.25) is 0 Å². The number of anilines is 1. The van der Waals surface area contributed by atoms with Crippen molar-refractivity contribution in [2.75, 3.05) is 19.5 Å². The summed E-state index contributed by atoms with van der Waals surface area (Å²) in [6, 6.07) is 10.1. The van der Waals surface area contributed by atoms with E-state index in [1.807, 2.05) is 37.3 Å². The predicted octanol–water partition coefficient (Wildman–Crippen LogP) is 2.11. The van der Waals surface area contributed by atoms with Crippen molar-refractivity contribution in [3.8, 4) is 0 Å². The molecule has 1 rings (SSSR count). The van der Waals surface area contributed by atoms with Crippen LogP contribution in [0, 0.1) is 0 Å². The maximum atomic E-state index is 5.15. The minimum absolute atomic E-state index is 0.118. The van der Waals surface area contributed by atoms with Crippen molar-refractivity contribution in [3.63, 3.8) is 0 Å². The molecule has 0 saturated heterocycles. The van der Waals surface area contributed by atoms with Gasteiger partial charge < -0.3 is 14.8 Å². The van der Waals surface area contributed by atoms with Crippen LogP contribution in [0.2, 0.25) is 0 Å². The lowest BCUT2D eigenvalue weighted by Crippen LogP contribution is -2.33. The monoisotopic (exact) mass is 195 g/mol. The molecule has 0 aromatic heterocycles. The fourth-order valence-electron chi connectivity index (χ4n) is 1.37. The van der Waals surface area contributed by atoms with Crippen LogP contribution < -0.4 is 5.32 Å². The Kier molecular flexibility index (Phi) is 4.43. The maximum absolute atomic E-state index is 5.15. The summed E-state index contributed by atoms with van der Waals surface area (Å²) in [5.74, 6) is 0. The van der Waals surface area contributed by atoms with Gasteiger partial charge in [-0.25, -0.2) is 0 Å². The number of hydrogen-bond donors (Lipinski definition) is 1. The summed E-state index contributed by atoms with van der Waals surface area (Å²) in [6.07, 6.45) is -0.227. The average Bonchev–Trinajstić information content (AvgIpc) is 2.21. The summed E-state index contributed by atoms with van der Waals surface area (Å²) in [7, 11) is 3.27. The number of hydrogen-bond acceptors (Lipinski definition) is 3. The first-order valence-electron chi connectivity index (χ1n) is 4.65. The molecule has 0 aliphatic heterocycles. The fraction of sp³-hybridized carbons (Fsp3) is 0.455. The molecule has 3 heteroatoms. The molecule has 14 heavy (non-hydrogen) atoms. The molecule has 3 nitrogen and oxygen atoms in total. The first-order chi connectivity index (χ1) is 6.77. The van der Waals surface area contributed by atoms with Gasteiger partial charge in [-0.15, -0.1) is 0 Å². The average molecular weight is 195 g/mol. The van der Waals surface area contributed by atoms with Crippen LogP contribution in [0.4, 0.5) is 5.69 Å². The molecular formula is C11H17NO2. The summed E-state index contributed by atoms with van der Waals surface area (Å²) in [5, 5.41) is 3.29. The summed E-state index contributed by atoms with van der Waals surface area (Å²) >= 11 is 0. The second-order valence-corrected chi connectivity index (χ2v) is 3.14. The van der Waals surface area contributed by atoms with E-state index in [9.17, 15) is 0 Å². The number of para-hydroxylation sites is 1. The number of ether oxygens (including phenoxy) is 2. The summed E-state index contributed by atoms with van der Waals surface area (Å²) in [5.41, 5.74) is 1.07. The summed E-state index contributed by atoms with van der Waals surface area (Å²) < 4.78 is 10.3. The smallest absolute Gasteiger partial charge is 0.176 e. The number of nitrogens with one attached hydrogen (secondary N) is 1. The molecule has 1 aromatic rings. The van der Waals surface area contributed by atoms with Crippen LogP contribution >= 0.6 is 0 Å². The van der Waals surface area contributed by atoms with Gasteiger partial charge in [0.25, 0.3) is 0 Å². The lowest BCUT2D eigenvalue weighted by molar-refractivity contribution is -0.109. The Morgan fingerprint density at radius 3 is 2.14 bits per heavy atom. The zero-order chi connectivity index (χ0) is 10.4. The van der Waals surface area contributed by atoms with Gasteiger partial charge in [0, 0.05) is 19.9 Å². The Hall–Kier alpha value is -1.06. The van der Waals surface area contributed by atoms with Crippen molar-refractivity contribution in [3.05, 3.63) is 30.3 Å². The molecular weight excluding hydrogens is 178 g/mol. The second kappa shape index (κ2) is 5.62. The van der Waals surface area contributed by atoms with Crippen LogP contribution in [0.25, 0.3) is 0 Å². The van der Waals surface area contributed by atoms with Crippen molar-refractivity contribution >= 4 is 5.69 Å². The quantitative estimate of drug-likeness (QED) is 0.730. The molecule has 0 aliphatic rings. The van der Waals surface area contributed by atoms with Crippen molar-refractivity contribution in [2.45, 2.75) is 19.3 Å². The molecule has 0 fully saturated rings. The van der Waals surface area contributed by atoms with Gasteiger partial charge in [0.15, 0.2) is 6.29 Å². The van der Waals surface area contributed by atoms with Crippen LogP contribution in [-0.2, 0) is 9.47 Å². The topological polar surface area (TPSA) is 30.5 Å². The molecule has 1 unspecified atom stereocenters. The highest BCUT2D eigenvalue weighted by Crippen LogP contribution is 2.10. The van der Waals surface area contributed by atoms with Crippen LogP contribution in [0.15, 0.2) is 30.3 Å². The highest BCUT2D eigenvalue weighted by Gasteiger charge is 2.14. The predicted molar refractivity (Wildman–Crippen MR) is 57.3 cm³/mol. The first kappa shape index (κ1) is 11.0. The highest BCUT2D eigenvalue weighted by molar-refractivity contribution is 5.43. The van der Waals surface area contributed by atoms with Gasteiger partial charge in [-0.05, 0) is 19.1 Å². The van der Waals surface area contributed by atoms with Crippen LogP contribution in [-0.4, -0.2) is 26.6 Å². The largest absolute Gasteiger partial charge is 0.377 e. The summed E-state index contributed by atoms with van der Waals surface area (Å²) in [4.78, 5) is 0. The molecule has 0 spiro atoms. The van der Waals surface area contributed by atoms with Crippen LogP contribution in [0.3, 0.4) is 0 Å². The van der Waals surface area contributed by atoms with E-state index < -0.39 is 0 Å². The zero-order valence-electron chi connectivity index (χ0n) is 8.86. The lowest BCUT2D eigenvalue weighted by Gasteiger charge is -2.22. The number of rotatable bonds is 5. The molecule has 0 amide bonds. The number of benzene rings is 1. The van der Waals surface area contributed by atoms with E-state index >= 15 is 0 Å². The first-order valence-corrected chi connectivity index (χ1v) is 4.65. The van der Waals surface area contributed by atoms with Gasteiger partial charge in [0.05, 0.1) is 6.04 Å². The Balaban J connectivity index is 2.52. The fourth-order valence-corrected chi connectivity index (χ4v) is 1.37. The third-order valence-corrected chi connectivity index (χ3v) is 2.04. The molecule has 0 aliphatic carbocycles. The standard InChI is InChI=1S/C11H17NO2/c1-9(11(13-2)14-3)12-10-7-5-4-6-8-10/h4-9,11-12H,1-3H3. The molecule has 1 aromatic carbocycles. The van der Waals surface area contributed by atoms with E-state index in [2.05, 4.69) is 5.32 Å². The lowest BCUT2D eigenvalue weighted by atomic mass is 10.2. The van der Waals surface area contributed by atoms with E-state index in [4.69, 9.17) is 9.47 Å². The van der Waals surface area contributed by atoms with Gasteiger partial charge in [-0.1, -0.05) is 18.2 Å². The van der Waals surface area contributed by atoms with Gasteiger partial charge in [0.1, 0.15) is 0 Å². The second-order valence-electron chi connectivity index (χ2n) is 3.14. The molecule has 0 saturated carbocycles. The molecule has 78 valence electrons. The minimum atomic E-state index is -0.227. The van der Waals surface area contributed by atoms with E-state index in [1.54, 1.807) is 14.2 Å². The highest BCUT2D eigenvalue weighted by atomic mass is 16.7. The molecule has 0 radical (unpaired) electrons. The van der Waals surface area contributed by atoms with Crippen LogP contribution in [0.5, 0.6) is 0 Å². The SMILES string of the molecule is COC(OC)C(C)Nc1ccccc1. The molecule has 0 heterocycles. The molecule has 1 N–H and O–H groups in total. The third-order valence-electron chi connectivity index (χ3n) is 2.04. The summed E-state index contributed by atoms with van der Waals surface area (Å²) in [6.45, 7) is 2.02. The van der Waals surface area contributed by atoms with Gasteiger partial charge >= 0.3 is 0 Å². The molecule has 0 bridgehead atoms. The van der Waals surface area contributed by atoms with E-state index in [0.29, 0.717) is 0 Å². The maximum Gasteiger partial charge on any atom is 0.176 e. The van der Waals surface area contributed by atoms with Gasteiger partial charge in [-0.2, -0.15) is 0 Å². The van der Waals surface area contributed by atoms with Crippen molar-refractivity contribution in [1.82, 2.24) is 0 Å². The Morgan fingerprint density at radius 1 is 1.07 bits per heavy atom. The van der Waals surface area contributed by atoms with E-state index in [-0.39, 0.29) is 12.3 Å². The Bertz CT molecular complexity index is 247.